The molecule has 0 aliphatic carbocycles. The van der Waals surface area contributed by atoms with Gasteiger partial charge in [-0.2, -0.15) is 5.26 Å². The number of nitriles is 1. The Morgan fingerprint density at radius 2 is 2.11 bits per heavy atom. The summed E-state index contributed by atoms with van der Waals surface area (Å²) in [6, 6.07) is 2.82. The summed E-state index contributed by atoms with van der Waals surface area (Å²) in [6.07, 6.45) is 7.61. The Kier molecular flexibility index (Phi) is 6.51. The van der Waals surface area contributed by atoms with Crippen molar-refractivity contribution in [1.29, 1.82) is 5.26 Å². The molecule has 0 saturated carbocycles. The van der Waals surface area contributed by atoms with Gasteiger partial charge < -0.3 is 0 Å². The number of nitrogens with zero attached hydrogens (tertiary/aromatic N) is 2. The SMILES string of the molecule is CC(=O)CC1CCCCN1CCCCC(C)(C)C#N. The van der Waals surface area contributed by atoms with E-state index in [0.717, 1.165) is 32.4 Å². The molecule has 1 fully saturated rings. The Labute approximate surface area is 118 Å². The van der Waals surface area contributed by atoms with E-state index in [-0.39, 0.29) is 5.41 Å². The fourth-order valence-electron chi connectivity index (χ4n) is 2.86. The second kappa shape index (κ2) is 7.65. The van der Waals surface area contributed by atoms with E-state index in [2.05, 4.69) is 11.0 Å². The van der Waals surface area contributed by atoms with E-state index in [0.29, 0.717) is 18.2 Å². The lowest BCUT2D eigenvalue weighted by molar-refractivity contribution is -0.118. The molecule has 1 atom stereocenters. The summed E-state index contributed by atoms with van der Waals surface area (Å²) in [7, 11) is 0. The van der Waals surface area contributed by atoms with E-state index < -0.39 is 0 Å². The van der Waals surface area contributed by atoms with Gasteiger partial charge in [0.15, 0.2) is 0 Å². The number of rotatable bonds is 7. The van der Waals surface area contributed by atoms with Crippen molar-refractivity contribution in [2.24, 2.45) is 5.41 Å². The Bertz CT molecular complexity index is 330. The monoisotopic (exact) mass is 264 g/mol. The topological polar surface area (TPSA) is 44.1 Å². The van der Waals surface area contributed by atoms with Gasteiger partial charge in [-0.05, 0) is 59.5 Å². The van der Waals surface area contributed by atoms with E-state index in [4.69, 9.17) is 5.26 Å². The van der Waals surface area contributed by atoms with Gasteiger partial charge in [-0.25, -0.2) is 0 Å². The van der Waals surface area contributed by atoms with Crippen LogP contribution in [0.3, 0.4) is 0 Å². The second-order valence-corrected chi connectivity index (χ2v) is 6.54. The van der Waals surface area contributed by atoms with Crippen molar-refractivity contribution in [3.05, 3.63) is 0 Å². The molecule has 1 rings (SSSR count). The van der Waals surface area contributed by atoms with Crippen LogP contribution in [0, 0.1) is 16.7 Å². The lowest BCUT2D eigenvalue weighted by Gasteiger charge is -2.35. The first kappa shape index (κ1) is 16.2. The Morgan fingerprint density at radius 1 is 1.37 bits per heavy atom. The molecule has 1 saturated heterocycles. The molecule has 0 radical (unpaired) electrons. The third-order valence-electron chi connectivity index (χ3n) is 4.07. The van der Waals surface area contributed by atoms with Crippen LogP contribution >= 0.6 is 0 Å². The highest BCUT2D eigenvalue weighted by Crippen LogP contribution is 2.24. The van der Waals surface area contributed by atoms with Crippen LogP contribution in [-0.4, -0.2) is 29.8 Å². The molecule has 0 amide bonds. The molecule has 0 aromatic heterocycles. The molecule has 108 valence electrons. The van der Waals surface area contributed by atoms with Crippen LogP contribution < -0.4 is 0 Å². The summed E-state index contributed by atoms with van der Waals surface area (Å²) in [5.74, 6) is 0.308. The Hall–Kier alpha value is -0.880. The molecule has 0 aromatic carbocycles. The predicted molar refractivity (Wildman–Crippen MR) is 77.8 cm³/mol. The minimum absolute atomic E-state index is 0.194. The van der Waals surface area contributed by atoms with E-state index >= 15 is 0 Å². The van der Waals surface area contributed by atoms with Gasteiger partial charge in [-0.15, -0.1) is 0 Å². The highest BCUT2D eigenvalue weighted by atomic mass is 16.1. The quantitative estimate of drug-likeness (QED) is 0.661. The third kappa shape index (κ3) is 6.20. The predicted octanol–water partition coefficient (Wildman–Crippen LogP) is 3.54. The van der Waals surface area contributed by atoms with E-state index in [1.54, 1.807) is 6.92 Å². The normalized spacial score (nSPS) is 21.1. The van der Waals surface area contributed by atoms with E-state index in [9.17, 15) is 4.79 Å². The van der Waals surface area contributed by atoms with Crippen molar-refractivity contribution in [1.82, 2.24) is 4.90 Å². The summed E-state index contributed by atoms with van der Waals surface area (Å²) in [6.45, 7) is 7.93. The van der Waals surface area contributed by atoms with E-state index in [1.165, 1.54) is 19.3 Å². The summed E-state index contributed by atoms with van der Waals surface area (Å²) in [5, 5.41) is 8.99. The van der Waals surface area contributed by atoms with Crippen LogP contribution in [0.5, 0.6) is 0 Å². The largest absolute Gasteiger partial charge is 0.300 e. The van der Waals surface area contributed by atoms with Crippen LogP contribution in [-0.2, 0) is 4.79 Å². The number of hydrogen-bond donors (Lipinski definition) is 0. The molecule has 0 spiro atoms. The minimum atomic E-state index is -0.194. The average molecular weight is 264 g/mol. The highest BCUT2D eigenvalue weighted by Gasteiger charge is 2.23. The van der Waals surface area contributed by atoms with Gasteiger partial charge in [0.05, 0.1) is 11.5 Å². The summed E-state index contributed by atoms with van der Waals surface area (Å²) in [4.78, 5) is 13.8. The van der Waals surface area contributed by atoms with Crippen molar-refractivity contribution in [2.45, 2.75) is 71.8 Å². The number of piperidine rings is 1. The van der Waals surface area contributed by atoms with Gasteiger partial charge >= 0.3 is 0 Å². The zero-order chi connectivity index (χ0) is 14.3. The van der Waals surface area contributed by atoms with Crippen molar-refractivity contribution in [3.8, 4) is 6.07 Å². The third-order valence-corrected chi connectivity index (χ3v) is 4.07. The number of carbonyl (C=O) groups excluding carboxylic acids is 1. The molecular formula is C16H28N2O. The standard InChI is InChI=1S/C16H28N2O/c1-14(19)12-15-8-4-6-10-18(15)11-7-5-9-16(2,3)13-17/h15H,4-12H2,1-3H3. The Balaban J connectivity index is 2.30. The maximum absolute atomic E-state index is 11.3. The first-order valence-electron chi connectivity index (χ1n) is 7.59. The minimum Gasteiger partial charge on any atom is -0.300 e. The molecule has 0 N–H and O–H groups in total. The lowest BCUT2D eigenvalue weighted by atomic mass is 9.89. The van der Waals surface area contributed by atoms with Crippen LogP contribution in [0.1, 0.15) is 65.7 Å². The van der Waals surface area contributed by atoms with Crippen molar-refractivity contribution in [3.63, 3.8) is 0 Å². The number of hydrogen-bond acceptors (Lipinski definition) is 3. The summed E-state index contributed by atoms with van der Waals surface area (Å²) in [5.41, 5.74) is -0.194. The first-order valence-corrected chi connectivity index (χ1v) is 7.59. The first-order chi connectivity index (χ1) is 8.94. The van der Waals surface area contributed by atoms with Crippen LogP contribution in [0.25, 0.3) is 0 Å². The van der Waals surface area contributed by atoms with Crippen LogP contribution in [0.15, 0.2) is 0 Å². The molecule has 0 bridgehead atoms. The average Bonchev–Trinajstić information content (AvgIpc) is 2.36. The van der Waals surface area contributed by atoms with Crippen LogP contribution in [0.2, 0.25) is 0 Å². The lowest BCUT2D eigenvalue weighted by Crippen LogP contribution is -2.41. The Morgan fingerprint density at radius 3 is 2.74 bits per heavy atom. The fourth-order valence-corrected chi connectivity index (χ4v) is 2.86. The number of ketones is 1. The molecule has 19 heavy (non-hydrogen) atoms. The van der Waals surface area contributed by atoms with Gasteiger partial charge in [0, 0.05) is 12.5 Å². The number of likely N-dealkylation sites (tertiary alicyclic amines) is 1. The number of Topliss-reactive ketones (excluding diaryl/α,β-unsaturated/α-hetero) is 1. The molecule has 0 aromatic rings. The van der Waals surface area contributed by atoms with Gasteiger partial charge in [0.2, 0.25) is 0 Å². The van der Waals surface area contributed by atoms with Crippen LogP contribution in [0.4, 0.5) is 0 Å². The smallest absolute Gasteiger partial charge is 0.131 e. The molecule has 1 unspecified atom stereocenters. The molecule has 3 nitrogen and oxygen atoms in total. The maximum Gasteiger partial charge on any atom is 0.131 e. The zero-order valence-corrected chi connectivity index (χ0v) is 12.7. The van der Waals surface area contributed by atoms with E-state index in [1.807, 2.05) is 13.8 Å². The molecule has 1 aliphatic rings. The molecular weight excluding hydrogens is 236 g/mol. The van der Waals surface area contributed by atoms with Gasteiger partial charge in [0.1, 0.15) is 5.78 Å². The van der Waals surface area contributed by atoms with Gasteiger partial charge in [0.25, 0.3) is 0 Å². The van der Waals surface area contributed by atoms with Gasteiger partial charge in [-0.1, -0.05) is 12.8 Å². The molecule has 1 aliphatic heterocycles. The highest BCUT2D eigenvalue weighted by molar-refractivity contribution is 5.76. The van der Waals surface area contributed by atoms with Crippen molar-refractivity contribution in [2.75, 3.05) is 13.1 Å². The fraction of sp³-hybridized carbons (Fsp3) is 0.875. The molecule has 3 heteroatoms. The summed E-state index contributed by atoms with van der Waals surface area (Å²) >= 11 is 0. The van der Waals surface area contributed by atoms with Crippen molar-refractivity contribution < 1.29 is 4.79 Å². The number of carbonyl (C=O) groups is 1. The molecule has 1 heterocycles. The zero-order valence-electron chi connectivity index (χ0n) is 12.7. The van der Waals surface area contributed by atoms with Gasteiger partial charge in [-0.3, -0.25) is 9.69 Å². The maximum atomic E-state index is 11.3. The second-order valence-electron chi connectivity index (χ2n) is 6.54. The number of unbranched alkanes of at least 4 members (excludes halogenated alkanes) is 1. The van der Waals surface area contributed by atoms with Crippen molar-refractivity contribution >= 4 is 5.78 Å². The summed E-state index contributed by atoms with van der Waals surface area (Å²) < 4.78 is 0.